The maximum atomic E-state index is 13.2. The number of rotatable bonds is 8. The minimum absolute atomic E-state index is 0.0473. The Hall–Kier alpha value is -2.56. The number of ether oxygens (including phenoxy) is 2. The van der Waals surface area contributed by atoms with E-state index >= 15 is 0 Å². The topological polar surface area (TPSA) is 38.8 Å². The molecule has 0 aliphatic rings. The van der Waals surface area contributed by atoms with Crippen molar-refractivity contribution in [1.82, 2.24) is 0 Å². The molecule has 0 aliphatic carbocycles. The summed E-state index contributed by atoms with van der Waals surface area (Å²) in [5.74, 6) is 0.552. The lowest BCUT2D eigenvalue weighted by atomic mass is 10.2. The third-order valence-corrected chi connectivity index (χ3v) is 3.46. The summed E-state index contributed by atoms with van der Waals surface area (Å²) in [5, 5.41) is 0. The van der Waals surface area contributed by atoms with Crippen LogP contribution >= 0.6 is 0 Å². The molecule has 25 heavy (non-hydrogen) atoms. The minimum atomic E-state index is -0.341. The lowest BCUT2D eigenvalue weighted by Gasteiger charge is -2.24. The lowest BCUT2D eigenvalue weighted by molar-refractivity contribution is -0.141. The first-order chi connectivity index (χ1) is 12.0. The molecule has 2 aromatic rings. The Bertz CT molecular complexity index is 668. The Kier molecular flexibility index (Phi) is 6.81. The van der Waals surface area contributed by atoms with Crippen LogP contribution in [0.2, 0.25) is 0 Å². The van der Waals surface area contributed by atoms with Crippen molar-refractivity contribution in [3.05, 3.63) is 54.3 Å². The van der Waals surface area contributed by atoms with Crippen molar-refractivity contribution in [2.24, 2.45) is 5.92 Å². The number of anilines is 2. The van der Waals surface area contributed by atoms with Crippen molar-refractivity contribution < 1.29 is 18.7 Å². The predicted octanol–water partition coefficient (Wildman–Crippen LogP) is 4.56. The van der Waals surface area contributed by atoms with Crippen LogP contribution in [0.4, 0.5) is 15.8 Å². The van der Waals surface area contributed by atoms with Gasteiger partial charge in [0.2, 0.25) is 0 Å². The molecule has 0 bridgehead atoms. The van der Waals surface area contributed by atoms with Gasteiger partial charge in [-0.1, -0.05) is 13.8 Å². The molecule has 2 rings (SSSR count). The SMILES string of the molecule is CCOC(=O)CN(c1ccc(F)cc1)c1ccc(OCC(C)C)cc1. The number of hydrogen-bond acceptors (Lipinski definition) is 4. The Labute approximate surface area is 148 Å². The van der Waals surface area contributed by atoms with Gasteiger partial charge in [-0.2, -0.15) is 0 Å². The highest BCUT2D eigenvalue weighted by atomic mass is 19.1. The van der Waals surface area contributed by atoms with Crippen molar-refractivity contribution in [2.45, 2.75) is 20.8 Å². The van der Waals surface area contributed by atoms with Gasteiger partial charge in [0.1, 0.15) is 18.1 Å². The second-order valence-corrected chi connectivity index (χ2v) is 6.07. The average Bonchev–Trinajstić information content (AvgIpc) is 2.59. The van der Waals surface area contributed by atoms with Gasteiger partial charge in [0.25, 0.3) is 0 Å². The maximum Gasteiger partial charge on any atom is 0.325 e. The average molecular weight is 345 g/mol. The van der Waals surface area contributed by atoms with E-state index in [0.29, 0.717) is 24.8 Å². The molecule has 0 saturated carbocycles. The molecule has 0 fully saturated rings. The predicted molar refractivity (Wildman–Crippen MR) is 96.8 cm³/mol. The molecule has 4 nitrogen and oxygen atoms in total. The first-order valence-corrected chi connectivity index (χ1v) is 8.41. The summed E-state index contributed by atoms with van der Waals surface area (Å²) in [4.78, 5) is 13.7. The number of benzene rings is 2. The summed E-state index contributed by atoms with van der Waals surface area (Å²) in [6, 6.07) is 13.5. The van der Waals surface area contributed by atoms with Gasteiger partial charge in [-0.25, -0.2) is 4.39 Å². The van der Waals surface area contributed by atoms with Crippen LogP contribution in [-0.4, -0.2) is 25.7 Å². The van der Waals surface area contributed by atoms with E-state index in [2.05, 4.69) is 13.8 Å². The van der Waals surface area contributed by atoms with E-state index in [1.54, 1.807) is 24.0 Å². The third kappa shape index (κ3) is 5.78. The van der Waals surface area contributed by atoms with Crippen LogP contribution in [0.25, 0.3) is 0 Å². The molecule has 0 spiro atoms. The first-order valence-electron chi connectivity index (χ1n) is 8.41. The Morgan fingerprint density at radius 1 is 1.04 bits per heavy atom. The van der Waals surface area contributed by atoms with Crippen LogP contribution in [-0.2, 0) is 9.53 Å². The van der Waals surface area contributed by atoms with E-state index in [0.717, 1.165) is 11.4 Å². The molecule has 0 aromatic heterocycles. The fraction of sp³-hybridized carbons (Fsp3) is 0.350. The van der Waals surface area contributed by atoms with Gasteiger partial charge >= 0.3 is 5.97 Å². The molecule has 0 radical (unpaired) electrons. The van der Waals surface area contributed by atoms with Gasteiger partial charge in [-0.05, 0) is 61.4 Å². The quantitative estimate of drug-likeness (QED) is 0.657. The van der Waals surface area contributed by atoms with Crippen molar-refractivity contribution in [2.75, 3.05) is 24.7 Å². The minimum Gasteiger partial charge on any atom is -0.493 e. The fourth-order valence-corrected chi connectivity index (χ4v) is 2.27. The van der Waals surface area contributed by atoms with Gasteiger partial charge in [-0.15, -0.1) is 0 Å². The number of halogens is 1. The molecule has 0 aliphatic heterocycles. The molecular formula is C20H24FNO3. The van der Waals surface area contributed by atoms with E-state index < -0.39 is 0 Å². The molecule has 0 heterocycles. The monoisotopic (exact) mass is 345 g/mol. The standard InChI is InChI=1S/C20H24FNO3/c1-4-24-20(23)13-22(17-7-5-16(21)6-8-17)18-9-11-19(12-10-18)25-14-15(2)3/h5-12,15H,4,13-14H2,1-3H3. The Morgan fingerprint density at radius 2 is 1.60 bits per heavy atom. The summed E-state index contributed by atoms with van der Waals surface area (Å²) in [6.45, 7) is 6.95. The maximum absolute atomic E-state index is 13.2. The Morgan fingerprint density at radius 3 is 2.12 bits per heavy atom. The zero-order chi connectivity index (χ0) is 18.2. The molecule has 0 unspecified atom stereocenters. The van der Waals surface area contributed by atoms with E-state index in [9.17, 15) is 9.18 Å². The molecule has 2 aromatic carbocycles. The summed E-state index contributed by atoms with van der Waals surface area (Å²) >= 11 is 0. The van der Waals surface area contributed by atoms with Crippen molar-refractivity contribution in [1.29, 1.82) is 0 Å². The van der Waals surface area contributed by atoms with Crippen LogP contribution in [0.1, 0.15) is 20.8 Å². The largest absolute Gasteiger partial charge is 0.493 e. The van der Waals surface area contributed by atoms with Crippen molar-refractivity contribution >= 4 is 17.3 Å². The number of carbonyl (C=O) groups excluding carboxylic acids is 1. The highest BCUT2D eigenvalue weighted by Crippen LogP contribution is 2.27. The van der Waals surface area contributed by atoms with E-state index in [1.165, 1.54) is 12.1 Å². The third-order valence-electron chi connectivity index (χ3n) is 3.46. The van der Waals surface area contributed by atoms with E-state index in [4.69, 9.17) is 9.47 Å². The molecule has 0 amide bonds. The molecular weight excluding hydrogens is 321 g/mol. The number of esters is 1. The van der Waals surface area contributed by atoms with Gasteiger partial charge < -0.3 is 14.4 Å². The molecule has 134 valence electrons. The molecule has 0 saturated heterocycles. The zero-order valence-electron chi connectivity index (χ0n) is 14.9. The van der Waals surface area contributed by atoms with Crippen LogP contribution in [0.3, 0.4) is 0 Å². The Balaban J connectivity index is 2.21. The van der Waals surface area contributed by atoms with Gasteiger partial charge in [0.15, 0.2) is 0 Å². The van der Waals surface area contributed by atoms with Crippen LogP contribution < -0.4 is 9.64 Å². The molecule has 0 atom stereocenters. The number of carbonyl (C=O) groups is 1. The molecule has 5 heteroatoms. The van der Waals surface area contributed by atoms with Gasteiger partial charge in [0, 0.05) is 11.4 Å². The van der Waals surface area contributed by atoms with Gasteiger partial charge in [-0.3, -0.25) is 4.79 Å². The zero-order valence-corrected chi connectivity index (χ0v) is 14.9. The second kappa shape index (κ2) is 9.06. The number of hydrogen-bond donors (Lipinski definition) is 0. The summed E-state index contributed by atoms with van der Waals surface area (Å²) < 4.78 is 23.9. The van der Waals surface area contributed by atoms with Crippen molar-refractivity contribution in [3.63, 3.8) is 0 Å². The summed E-state index contributed by atoms with van der Waals surface area (Å²) in [5.41, 5.74) is 1.52. The number of nitrogens with zero attached hydrogens (tertiary/aromatic N) is 1. The highest BCUT2D eigenvalue weighted by Gasteiger charge is 2.15. The van der Waals surface area contributed by atoms with Crippen molar-refractivity contribution in [3.8, 4) is 5.75 Å². The van der Waals surface area contributed by atoms with Gasteiger partial charge in [0.05, 0.1) is 13.2 Å². The van der Waals surface area contributed by atoms with Crippen LogP contribution in [0.5, 0.6) is 5.75 Å². The van der Waals surface area contributed by atoms with Crippen LogP contribution in [0.15, 0.2) is 48.5 Å². The summed E-state index contributed by atoms with van der Waals surface area (Å²) in [7, 11) is 0. The highest BCUT2D eigenvalue weighted by molar-refractivity contribution is 5.80. The second-order valence-electron chi connectivity index (χ2n) is 6.07. The summed E-state index contributed by atoms with van der Waals surface area (Å²) in [6.07, 6.45) is 0. The van der Waals surface area contributed by atoms with Crippen LogP contribution in [0, 0.1) is 11.7 Å². The normalized spacial score (nSPS) is 10.6. The smallest absolute Gasteiger partial charge is 0.325 e. The van der Waals surface area contributed by atoms with E-state index in [1.807, 2.05) is 24.3 Å². The fourth-order valence-electron chi connectivity index (χ4n) is 2.27. The van der Waals surface area contributed by atoms with E-state index in [-0.39, 0.29) is 18.3 Å². The lowest BCUT2D eigenvalue weighted by Crippen LogP contribution is -2.26. The molecule has 0 N–H and O–H groups in total. The first kappa shape index (κ1) is 18.8.